The molecule has 0 nitrogen and oxygen atoms in total. The van der Waals surface area contributed by atoms with Gasteiger partial charge < -0.3 is 0 Å². The fraction of sp³-hybridized carbons (Fsp3) is 0.250. The van der Waals surface area contributed by atoms with Crippen molar-refractivity contribution >= 4 is 39.0 Å². The zero-order valence-electron chi connectivity index (χ0n) is 16.9. The van der Waals surface area contributed by atoms with Crippen LogP contribution in [0.3, 0.4) is 0 Å². The Balaban J connectivity index is 2.39. The lowest BCUT2D eigenvalue weighted by Crippen LogP contribution is -2.56. The van der Waals surface area contributed by atoms with Crippen LogP contribution in [0.4, 0.5) is 4.39 Å². The first kappa shape index (κ1) is 19.9. The van der Waals surface area contributed by atoms with E-state index in [0.29, 0.717) is 0 Å². The van der Waals surface area contributed by atoms with E-state index in [4.69, 9.17) is 0 Å². The van der Waals surface area contributed by atoms with Gasteiger partial charge in [0.05, 0.1) is 0 Å². The smallest absolute Gasteiger partial charge is 0.207 e. The Kier molecular flexibility index (Phi) is 5.62. The fourth-order valence-electron chi connectivity index (χ4n) is 4.51. The summed E-state index contributed by atoms with van der Waals surface area (Å²) in [5, 5.41) is 0. The van der Waals surface area contributed by atoms with E-state index in [-0.39, 0.29) is 12.5 Å². The molecule has 0 spiro atoms. The van der Waals surface area contributed by atoms with Crippen molar-refractivity contribution in [1.82, 2.24) is 0 Å². The quantitative estimate of drug-likeness (QED) is 0.523. The van der Waals surface area contributed by atoms with Crippen molar-refractivity contribution in [3.63, 3.8) is 0 Å². The van der Waals surface area contributed by atoms with Crippen LogP contribution in [-0.4, -0.2) is 6.71 Å². The summed E-state index contributed by atoms with van der Waals surface area (Å²) in [6.45, 7) is 12.9. The normalized spacial score (nSPS) is 11.0. The van der Waals surface area contributed by atoms with Crippen molar-refractivity contribution in [2.75, 3.05) is 0 Å². The largest absolute Gasteiger partial charge is 0.242 e. The fourth-order valence-corrected chi connectivity index (χ4v) is 5.00. The lowest BCUT2D eigenvalue weighted by atomic mass is 9.34. The first-order chi connectivity index (χ1) is 12.7. The molecule has 27 heavy (non-hydrogen) atoms. The van der Waals surface area contributed by atoms with E-state index in [1.807, 2.05) is 6.07 Å². The Bertz CT molecular complexity index is 899. The highest BCUT2D eigenvalue weighted by molar-refractivity contribution is 9.10. The van der Waals surface area contributed by atoms with Crippen molar-refractivity contribution in [3.8, 4) is 0 Å². The van der Waals surface area contributed by atoms with Crippen LogP contribution in [0, 0.1) is 47.4 Å². The molecule has 0 unspecified atom stereocenters. The number of halogens is 2. The highest BCUT2D eigenvalue weighted by Crippen LogP contribution is 2.15. The molecule has 0 saturated carbocycles. The van der Waals surface area contributed by atoms with Gasteiger partial charge in [-0.2, -0.15) is 0 Å². The molecule has 0 aromatic heterocycles. The van der Waals surface area contributed by atoms with Crippen LogP contribution in [0.15, 0.2) is 46.9 Å². The number of hydrogen-bond donors (Lipinski definition) is 0. The van der Waals surface area contributed by atoms with E-state index in [0.717, 1.165) is 9.94 Å². The maximum absolute atomic E-state index is 14.3. The van der Waals surface area contributed by atoms with E-state index in [9.17, 15) is 4.39 Å². The van der Waals surface area contributed by atoms with E-state index in [1.54, 1.807) is 6.07 Å². The molecule has 0 bridgehead atoms. The maximum atomic E-state index is 14.3. The van der Waals surface area contributed by atoms with Crippen molar-refractivity contribution < 1.29 is 4.39 Å². The highest BCUT2D eigenvalue weighted by Gasteiger charge is 2.28. The molecule has 3 aromatic carbocycles. The molecule has 3 rings (SSSR count). The van der Waals surface area contributed by atoms with Gasteiger partial charge in [-0.3, -0.25) is 0 Å². The minimum atomic E-state index is -0.214. The average molecular weight is 423 g/mol. The summed E-state index contributed by atoms with van der Waals surface area (Å²) in [6.07, 6.45) is 0. The van der Waals surface area contributed by atoms with E-state index in [2.05, 4.69) is 81.7 Å². The number of rotatable bonds is 3. The van der Waals surface area contributed by atoms with Gasteiger partial charge in [-0.05, 0) is 53.7 Å². The molecule has 0 heterocycles. The molecule has 0 saturated heterocycles. The standard InChI is InChI=1S/C24H25BBrF/c1-14-7-16(3)23(17(4)8-14)25(20-11-21(26)13-22(27)12-20)24-18(5)9-15(2)10-19(24)6/h7-13H,1-6H3. The monoisotopic (exact) mass is 422 g/mol. The third kappa shape index (κ3) is 4.04. The van der Waals surface area contributed by atoms with Gasteiger partial charge in [0.25, 0.3) is 0 Å². The Labute approximate surface area is 171 Å². The maximum Gasteiger partial charge on any atom is 0.242 e. The van der Waals surface area contributed by atoms with Crippen molar-refractivity contribution in [3.05, 3.63) is 86.1 Å². The second kappa shape index (κ2) is 7.63. The Morgan fingerprint density at radius 3 is 1.41 bits per heavy atom. The van der Waals surface area contributed by atoms with Crippen LogP contribution in [0.25, 0.3) is 0 Å². The first-order valence-electron chi connectivity index (χ1n) is 9.29. The third-order valence-electron chi connectivity index (χ3n) is 5.27. The SMILES string of the molecule is Cc1cc(C)c(B(c2cc(F)cc(Br)c2)c2c(C)cc(C)cc2C)c(C)c1. The van der Waals surface area contributed by atoms with E-state index in [1.165, 1.54) is 50.4 Å². The van der Waals surface area contributed by atoms with Gasteiger partial charge in [0, 0.05) is 4.47 Å². The van der Waals surface area contributed by atoms with E-state index < -0.39 is 0 Å². The minimum absolute atomic E-state index is 0.00167. The molecular formula is C24H25BBrF. The predicted molar refractivity (Wildman–Crippen MR) is 120 cm³/mol. The zero-order valence-corrected chi connectivity index (χ0v) is 18.5. The van der Waals surface area contributed by atoms with Gasteiger partial charge in [0.2, 0.25) is 6.71 Å². The molecule has 0 aliphatic rings. The van der Waals surface area contributed by atoms with Gasteiger partial charge in [-0.15, -0.1) is 0 Å². The molecule has 0 fully saturated rings. The first-order valence-corrected chi connectivity index (χ1v) is 10.1. The van der Waals surface area contributed by atoms with Gasteiger partial charge in [-0.25, -0.2) is 4.39 Å². The van der Waals surface area contributed by atoms with Crippen LogP contribution in [0.5, 0.6) is 0 Å². The molecule has 3 aromatic rings. The topological polar surface area (TPSA) is 0 Å². The number of aryl methyl sites for hydroxylation is 6. The number of benzene rings is 3. The Morgan fingerprint density at radius 1 is 0.630 bits per heavy atom. The molecule has 0 N–H and O–H groups in total. The summed E-state index contributed by atoms with van der Waals surface area (Å²) in [7, 11) is 0. The average Bonchev–Trinajstić information content (AvgIpc) is 2.50. The predicted octanol–water partition coefficient (Wildman–Crippen LogP) is 4.95. The third-order valence-corrected chi connectivity index (χ3v) is 5.73. The Morgan fingerprint density at radius 2 is 1.04 bits per heavy atom. The molecule has 0 aliphatic carbocycles. The molecule has 0 radical (unpaired) electrons. The van der Waals surface area contributed by atoms with Crippen LogP contribution in [0.2, 0.25) is 0 Å². The summed E-state index contributed by atoms with van der Waals surface area (Å²) < 4.78 is 15.1. The van der Waals surface area contributed by atoms with Gasteiger partial charge in [0.15, 0.2) is 0 Å². The molecule has 0 amide bonds. The lowest BCUT2D eigenvalue weighted by molar-refractivity contribution is 0.628. The van der Waals surface area contributed by atoms with Crippen LogP contribution >= 0.6 is 15.9 Å². The summed E-state index contributed by atoms with van der Waals surface area (Å²) in [5.41, 5.74) is 11.0. The van der Waals surface area contributed by atoms with Crippen LogP contribution in [0.1, 0.15) is 33.4 Å². The summed E-state index contributed by atoms with van der Waals surface area (Å²) in [5.74, 6) is -0.214. The molecule has 3 heteroatoms. The number of hydrogen-bond acceptors (Lipinski definition) is 0. The summed E-state index contributed by atoms with van der Waals surface area (Å²) in [6, 6.07) is 14.1. The molecular weight excluding hydrogens is 398 g/mol. The van der Waals surface area contributed by atoms with Crippen LogP contribution < -0.4 is 16.4 Å². The van der Waals surface area contributed by atoms with Gasteiger partial charge in [-0.1, -0.05) is 96.0 Å². The van der Waals surface area contributed by atoms with Crippen molar-refractivity contribution in [2.24, 2.45) is 0 Å². The minimum Gasteiger partial charge on any atom is -0.207 e. The molecule has 0 aliphatic heterocycles. The molecule has 138 valence electrons. The van der Waals surface area contributed by atoms with Gasteiger partial charge >= 0.3 is 0 Å². The summed E-state index contributed by atoms with van der Waals surface area (Å²) in [4.78, 5) is 0. The van der Waals surface area contributed by atoms with E-state index >= 15 is 0 Å². The second-order valence-corrected chi connectivity index (χ2v) is 8.68. The van der Waals surface area contributed by atoms with Crippen LogP contribution in [-0.2, 0) is 0 Å². The second-order valence-electron chi connectivity index (χ2n) is 7.76. The summed E-state index contributed by atoms with van der Waals surface area (Å²) >= 11 is 3.48. The highest BCUT2D eigenvalue weighted by atomic mass is 79.9. The van der Waals surface area contributed by atoms with Crippen molar-refractivity contribution in [2.45, 2.75) is 41.5 Å². The zero-order chi connectivity index (χ0) is 19.9. The Hall–Kier alpha value is -1.87. The van der Waals surface area contributed by atoms with Gasteiger partial charge in [0.1, 0.15) is 5.82 Å². The lowest BCUT2D eigenvalue weighted by Gasteiger charge is -2.24. The van der Waals surface area contributed by atoms with Crippen molar-refractivity contribution in [1.29, 1.82) is 0 Å². The molecule has 0 atom stereocenters.